The molecule has 3 nitrogen and oxygen atoms in total. The predicted octanol–water partition coefficient (Wildman–Crippen LogP) is 1.15. The lowest BCUT2D eigenvalue weighted by molar-refractivity contribution is -0.109. The van der Waals surface area contributed by atoms with Gasteiger partial charge in [0, 0.05) is 12.2 Å². The zero-order valence-electron chi connectivity index (χ0n) is 6.08. The molecule has 0 heterocycles. The summed E-state index contributed by atoms with van der Waals surface area (Å²) in [5.74, 6) is 0. The SMILES string of the molecule is C.Nc1cccc(CNC=O)c1. The number of nitrogen functional groups attached to an aromatic ring is 1. The van der Waals surface area contributed by atoms with Crippen molar-refractivity contribution >= 4 is 12.1 Å². The van der Waals surface area contributed by atoms with Crippen LogP contribution in [0.3, 0.4) is 0 Å². The first-order valence-electron chi connectivity index (χ1n) is 3.34. The maximum atomic E-state index is 9.92. The number of anilines is 1. The van der Waals surface area contributed by atoms with E-state index in [1.807, 2.05) is 24.3 Å². The fraction of sp³-hybridized carbons (Fsp3) is 0.222. The molecule has 0 saturated heterocycles. The van der Waals surface area contributed by atoms with Crippen molar-refractivity contribution in [2.24, 2.45) is 0 Å². The highest BCUT2D eigenvalue weighted by Gasteiger charge is 1.90. The minimum atomic E-state index is 0. The van der Waals surface area contributed by atoms with Gasteiger partial charge in [-0.25, -0.2) is 0 Å². The molecule has 0 unspecified atom stereocenters. The number of rotatable bonds is 3. The van der Waals surface area contributed by atoms with Crippen LogP contribution < -0.4 is 11.1 Å². The molecule has 0 bridgehead atoms. The van der Waals surface area contributed by atoms with Crippen LogP contribution >= 0.6 is 0 Å². The number of nitrogens with two attached hydrogens (primary N) is 1. The second-order valence-corrected chi connectivity index (χ2v) is 2.24. The van der Waals surface area contributed by atoms with Gasteiger partial charge in [0.2, 0.25) is 6.41 Å². The molecule has 12 heavy (non-hydrogen) atoms. The van der Waals surface area contributed by atoms with E-state index in [0.717, 1.165) is 11.3 Å². The Morgan fingerprint density at radius 3 is 2.83 bits per heavy atom. The maximum absolute atomic E-state index is 9.92. The van der Waals surface area contributed by atoms with E-state index in [9.17, 15) is 4.79 Å². The topological polar surface area (TPSA) is 55.1 Å². The van der Waals surface area contributed by atoms with Crippen LogP contribution in [0.1, 0.15) is 13.0 Å². The summed E-state index contributed by atoms with van der Waals surface area (Å²) >= 11 is 0. The maximum Gasteiger partial charge on any atom is 0.207 e. The third-order valence-corrected chi connectivity index (χ3v) is 1.34. The fourth-order valence-electron chi connectivity index (χ4n) is 0.863. The van der Waals surface area contributed by atoms with Gasteiger partial charge in [-0.1, -0.05) is 19.6 Å². The third kappa shape index (κ3) is 3.05. The van der Waals surface area contributed by atoms with E-state index in [2.05, 4.69) is 5.32 Å². The molecular weight excluding hydrogens is 152 g/mol. The molecule has 0 aliphatic heterocycles. The highest BCUT2D eigenvalue weighted by Crippen LogP contribution is 2.05. The molecule has 66 valence electrons. The number of benzene rings is 1. The second-order valence-electron chi connectivity index (χ2n) is 2.24. The Hall–Kier alpha value is -1.51. The molecule has 1 amide bonds. The molecule has 0 atom stereocenters. The molecule has 1 aromatic carbocycles. The summed E-state index contributed by atoms with van der Waals surface area (Å²) < 4.78 is 0. The summed E-state index contributed by atoms with van der Waals surface area (Å²) in [5, 5.41) is 2.56. The van der Waals surface area contributed by atoms with Crippen molar-refractivity contribution in [1.82, 2.24) is 5.32 Å². The van der Waals surface area contributed by atoms with Crippen LogP contribution in [0.4, 0.5) is 5.69 Å². The van der Waals surface area contributed by atoms with Crippen molar-refractivity contribution < 1.29 is 4.79 Å². The molecule has 0 fully saturated rings. The lowest BCUT2D eigenvalue weighted by Crippen LogP contribution is -2.09. The van der Waals surface area contributed by atoms with E-state index in [0.29, 0.717) is 13.0 Å². The Morgan fingerprint density at radius 1 is 1.50 bits per heavy atom. The lowest BCUT2D eigenvalue weighted by atomic mass is 10.2. The molecule has 0 saturated carbocycles. The van der Waals surface area contributed by atoms with Crippen molar-refractivity contribution in [3.63, 3.8) is 0 Å². The zero-order chi connectivity index (χ0) is 8.10. The van der Waals surface area contributed by atoms with Crippen LogP contribution in [0.15, 0.2) is 24.3 Å². The van der Waals surface area contributed by atoms with E-state index in [-0.39, 0.29) is 7.43 Å². The quantitative estimate of drug-likeness (QED) is 0.522. The molecule has 1 aromatic rings. The predicted molar refractivity (Wildman–Crippen MR) is 50.5 cm³/mol. The van der Waals surface area contributed by atoms with Gasteiger partial charge in [0.15, 0.2) is 0 Å². The molecule has 3 heteroatoms. The van der Waals surface area contributed by atoms with Gasteiger partial charge in [0.1, 0.15) is 0 Å². The number of hydrogen-bond donors (Lipinski definition) is 2. The van der Waals surface area contributed by atoms with Gasteiger partial charge < -0.3 is 11.1 Å². The monoisotopic (exact) mass is 166 g/mol. The Morgan fingerprint density at radius 2 is 2.25 bits per heavy atom. The van der Waals surface area contributed by atoms with Gasteiger partial charge in [-0.05, 0) is 17.7 Å². The largest absolute Gasteiger partial charge is 0.399 e. The molecule has 0 radical (unpaired) electrons. The van der Waals surface area contributed by atoms with Crippen LogP contribution in [0.2, 0.25) is 0 Å². The third-order valence-electron chi connectivity index (χ3n) is 1.34. The molecule has 0 aliphatic rings. The first-order chi connectivity index (χ1) is 5.33. The smallest absolute Gasteiger partial charge is 0.207 e. The second kappa shape index (κ2) is 5.18. The minimum absolute atomic E-state index is 0. The number of carbonyl (C=O) groups is 1. The lowest BCUT2D eigenvalue weighted by Gasteiger charge is -1.99. The van der Waals surface area contributed by atoms with Crippen molar-refractivity contribution in [2.75, 3.05) is 5.73 Å². The summed E-state index contributed by atoms with van der Waals surface area (Å²) in [5.41, 5.74) is 7.24. The van der Waals surface area contributed by atoms with Crippen LogP contribution in [0.25, 0.3) is 0 Å². The number of carbonyl (C=O) groups excluding carboxylic acids is 1. The van der Waals surface area contributed by atoms with E-state index in [1.165, 1.54) is 0 Å². The van der Waals surface area contributed by atoms with Crippen LogP contribution in [0, 0.1) is 0 Å². The summed E-state index contributed by atoms with van der Waals surface area (Å²) in [6.07, 6.45) is 0.670. The average molecular weight is 166 g/mol. The van der Waals surface area contributed by atoms with Gasteiger partial charge in [0.25, 0.3) is 0 Å². The summed E-state index contributed by atoms with van der Waals surface area (Å²) in [6.45, 7) is 0.536. The van der Waals surface area contributed by atoms with Gasteiger partial charge in [-0.2, -0.15) is 0 Å². The summed E-state index contributed by atoms with van der Waals surface area (Å²) in [7, 11) is 0. The number of hydrogen-bond acceptors (Lipinski definition) is 2. The number of nitrogens with one attached hydrogen (secondary N) is 1. The molecule has 3 N–H and O–H groups in total. The minimum Gasteiger partial charge on any atom is -0.399 e. The standard InChI is InChI=1S/C8H10N2O.CH4/c9-8-3-1-2-7(4-8)5-10-6-11;/h1-4,6H,5,9H2,(H,10,11);1H4. The van der Waals surface area contributed by atoms with E-state index in [1.54, 1.807) is 0 Å². The van der Waals surface area contributed by atoms with Crippen molar-refractivity contribution in [1.29, 1.82) is 0 Å². The zero-order valence-corrected chi connectivity index (χ0v) is 6.08. The van der Waals surface area contributed by atoms with Crippen LogP contribution in [0.5, 0.6) is 0 Å². The average Bonchev–Trinajstić information content (AvgIpc) is 2.01. The van der Waals surface area contributed by atoms with Crippen LogP contribution in [-0.2, 0) is 11.3 Å². The summed E-state index contributed by atoms with van der Waals surface area (Å²) in [6, 6.07) is 7.41. The first kappa shape index (κ1) is 10.5. The Kier molecular flexibility index (Phi) is 4.53. The normalized spacial score (nSPS) is 8.33. The van der Waals surface area contributed by atoms with Gasteiger partial charge in [0.05, 0.1) is 0 Å². The Bertz CT molecular complexity index is 248. The van der Waals surface area contributed by atoms with Crippen molar-refractivity contribution in [2.45, 2.75) is 14.0 Å². The van der Waals surface area contributed by atoms with Gasteiger partial charge in [-0.15, -0.1) is 0 Å². The van der Waals surface area contributed by atoms with Crippen LogP contribution in [-0.4, -0.2) is 6.41 Å². The van der Waals surface area contributed by atoms with E-state index >= 15 is 0 Å². The van der Waals surface area contributed by atoms with Crippen molar-refractivity contribution in [3.05, 3.63) is 29.8 Å². The van der Waals surface area contributed by atoms with E-state index in [4.69, 9.17) is 5.73 Å². The van der Waals surface area contributed by atoms with Crippen molar-refractivity contribution in [3.8, 4) is 0 Å². The van der Waals surface area contributed by atoms with Gasteiger partial charge >= 0.3 is 0 Å². The Balaban J connectivity index is 0.00000121. The molecular formula is C9H14N2O. The highest BCUT2D eigenvalue weighted by molar-refractivity contribution is 5.47. The van der Waals surface area contributed by atoms with Gasteiger partial charge in [-0.3, -0.25) is 4.79 Å². The summed E-state index contributed by atoms with van der Waals surface area (Å²) in [4.78, 5) is 9.92. The molecule has 0 spiro atoms. The molecule has 0 aliphatic carbocycles. The Labute approximate surface area is 72.6 Å². The fourth-order valence-corrected chi connectivity index (χ4v) is 0.863. The number of amides is 1. The van der Waals surface area contributed by atoms with E-state index < -0.39 is 0 Å². The first-order valence-corrected chi connectivity index (χ1v) is 3.34. The molecule has 1 rings (SSSR count). The molecule has 0 aromatic heterocycles. The highest BCUT2D eigenvalue weighted by atomic mass is 16.1.